The van der Waals surface area contributed by atoms with Gasteiger partial charge in [0.25, 0.3) is 0 Å². The molecular weight excluding hydrogens is 340 g/mol. The number of aromatic nitrogens is 2. The molecule has 27 heavy (non-hydrogen) atoms. The van der Waals surface area contributed by atoms with Crippen molar-refractivity contribution in [2.75, 3.05) is 25.1 Å². The van der Waals surface area contributed by atoms with Crippen LogP contribution in [0.4, 0.5) is 5.95 Å². The number of hydrogen-bond donors (Lipinski definition) is 1. The molecule has 6 nitrogen and oxygen atoms in total. The Morgan fingerprint density at radius 3 is 2.70 bits per heavy atom. The highest BCUT2D eigenvalue weighted by molar-refractivity contribution is 5.92. The van der Waals surface area contributed by atoms with E-state index in [9.17, 15) is 4.79 Å². The second-order valence-corrected chi connectivity index (χ2v) is 7.36. The molecular formula is C21H26N4O2. The Kier molecular flexibility index (Phi) is 4.97. The number of ether oxygens (including phenoxy) is 1. The SMILES string of the molecule is COc1ccccc1C1(C(=O)NCc2ccnc(N3CCCCC3)n2)CC1. The molecule has 142 valence electrons. The summed E-state index contributed by atoms with van der Waals surface area (Å²) in [6.45, 7) is 2.43. The predicted octanol–water partition coefficient (Wildman–Crippen LogP) is 2.82. The highest BCUT2D eigenvalue weighted by atomic mass is 16.5. The van der Waals surface area contributed by atoms with Crippen molar-refractivity contribution in [1.82, 2.24) is 15.3 Å². The van der Waals surface area contributed by atoms with Crippen molar-refractivity contribution in [2.24, 2.45) is 0 Å². The van der Waals surface area contributed by atoms with Crippen LogP contribution < -0.4 is 15.0 Å². The standard InChI is InChI=1S/C21H26N4O2/c1-27-18-8-4-3-7-17(18)21(10-11-21)19(26)23-15-16-9-12-22-20(24-16)25-13-5-2-6-14-25/h3-4,7-9,12H,2,5-6,10-11,13-15H2,1H3,(H,23,26). The van der Waals surface area contributed by atoms with Gasteiger partial charge in [-0.3, -0.25) is 4.79 Å². The van der Waals surface area contributed by atoms with Crippen LogP contribution in [0.1, 0.15) is 43.4 Å². The van der Waals surface area contributed by atoms with Gasteiger partial charge in [0.1, 0.15) is 5.75 Å². The summed E-state index contributed by atoms with van der Waals surface area (Å²) in [6.07, 6.45) is 7.13. The monoisotopic (exact) mass is 366 g/mol. The van der Waals surface area contributed by atoms with Crippen molar-refractivity contribution < 1.29 is 9.53 Å². The Balaban J connectivity index is 1.44. The maximum absolute atomic E-state index is 12.9. The second kappa shape index (κ2) is 7.55. The first kappa shape index (κ1) is 17.8. The smallest absolute Gasteiger partial charge is 0.231 e. The molecule has 1 saturated heterocycles. The summed E-state index contributed by atoms with van der Waals surface area (Å²) in [5, 5.41) is 3.08. The molecule has 2 aliphatic rings. The lowest BCUT2D eigenvalue weighted by molar-refractivity contribution is -0.123. The van der Waals surface area contributed by atoms with E-state index in [4.69, 9.17) is 4.74 Å². The summed E-state index contributed by atoms with van der Waals surface area (Å²) in [4.78, 5) is 24.2. The molecule has 0 unspecified atom stereocenters. The van der Waals surface area contributed by atoms with Crippen LogP contribution in [0, 0.1) is 0 Å². The Bertz CT molecular complexity index is 813. The average Bonchev–Trinajstić information content (AvgIpc) is 3.55. The second-order valence-electron chi connectivity index (χ2n) is 7.36. The molecule has 1 aliphatic heterocycles. The minimum absolute atomic E-state index is 0.0464. The van der Waals surface area contributed by atoms with Crippen LogP contribution in [0.25, 0.3) is 0 Å². The fraction of sp³-hybridized carbons (Fsp3) is 0.476. The maximum atomic E-state index is 12.9. The van der Waals surface area contributed by atoms with Gasteiger partial charge in [-0.1, -0.05) is 18.2 Å². The van der Waals surface area contributed by atoms with Crippen LogP contribution in [-0.2, 0) is 16.8 Å². The van der Waals surface area contributed by atoms with Gasteiger partial charge >= 0.3 is 0 Å². The summed E-state index contributed by atoms with van der Waals surface area (Å²) in [7, 11) is 1.65. The highest BCUT2D eigenvalue weighted by Gasteiger charge is 2.52. The summed E-state index contributed by atoms with van der Waals surface area (Å²) < 4.78 is 5.46. The lowest BCUT2D eigenvalue weighted by Crippen LogP contribution is -2.35. The van der Waals surface area contributed by atoms with E-state index < -0.39 is 5.41 Å². The topological polar surface area (TPSA) is 67.3 Å². The van der Waals surface area contributed by atoms with Crippen LogP contribution >= 0.6 is 0 Å². The first-order valence-electron chi connectivity index (χ1n) is 9.72. The number of carbonyl (C=O) groups is 1. The van der Waals surface area contributed by atoms with E-state index in [-0.39, 0.29) is 5.91 Å². The van der Waals surface area contributed by atoms with Gasteiger partial charge in [0.15, 0.2) is 0 Å². The number of rotatable bonds is 6. The number of anilines is 1. The van der Waals surface area contributed by atoms with Crippen LogP contribution in [0.5, 0.6) is 5.75 Å². The number of benzene rings is 1. The van der Waals surface area contributed by atoms with E-state index in [0.717, 1.165) is 48.9 Å². The van der Waals surface area contributed by atoms with Gasteiger partial charge in [-0.25, -0.2) is 9.97 Å². The number of nitrogens with zero attached hydrogens (tertiary/aromatic N) is 3. The Labute approximate surface area is 160 Å². The minimum atomic E-state index is -0.463. The number of amides is 1. The van der Waals surface area contributed by atoms with E-state index in [1.807, 2.05) is 30.3 Å². The molecule has 1 N–H and O–H groups in total. The molecule has 2 heterocycles. The summed E-state index contributed by atoms with van der Waals surface area (Å²) in [5.41, 5.74) is 1.35. The molecule has 0 bridgehead atoms. The Morgan fingerprint density at radius 1 is 1.19 bits per heavy atom. The van der Waals surface area contributed by atoms with Crippen molar-refractivity contribution >= 4 is 11.9 Å². The first-order chi connectivity index (χ1) is 13.2. The van der Waals surface area contributed by atoms with Gasteiger partial charge in [-0.2, -0.15) is 0 Å². The molecule has 1 amide bonds. The van der Waals surface area contributed by atoms with E-state index in [1.165, 1.54) is 19.3 Å². The van der Waals surface area contributed by atoms with E-state index in [0.29, 0.717) is 6.54 Å². The third-order valence-corrected chi connectivity index (χ3v) is 5.58. The predicted molar refractivity (Wildman–Crippen MR) is 104 cm³/mol. The molecule has 2 aromatic rings. The molecule has 0 radical (unpaired) electrons. The zero-order valence-corrected chi connectivity index (χ0v) is 15.8. The number of para-hydroxylation sites is 1. The third-order valence-electron chi connectivity index (χ3n) is 5.58. The third kappa shape index (κ3) is 3.61. The molecule has 4 rings (SSSR count). The van der Waals surface area contributed by atoms with Crippen molar-refractivity contribution in [3.05, 3.63) is 47.8 Å². The first-order valence-corrected chi connectivity index (χ1v) is 9.72. The molecule has 6 heteroatoms. The Hall–Kier alpha value is -2.63. The van der Waals surface area contributed by atoms with Crippen LogP contribution in [0.3, 0.4) is 0 Å². The van der Waals surface area contributed by atoms with E-state index >= 15 is 0 Å². The van der Waals surface area contributed by atoms with Gasteiger partial charge in [0.2, 0.25) is 11.9 Å². The number of piperidine rings is 1. The molecule has 0 atom stereocenters. The largest absolute Gasteiger partial charge is 0.496 e. The lowest BCUT2D eigenvalue weighted by Gasteiger charge is -2.26. The van der Waals surface area contributed by atoms with Gasteiger partial charge in [0, 0.05) is 24.8 Å². The molecule has 1 aliphatic carbocycles. The van der Waals surface area contributed by atoms with Crippen molar-refractivity contribution in [3.63, 3.8) is 0 Å². The number of carbonyl (C=O) groups excluding carboxylic acids is 1. The van der Waals surface area contributed by atoms with E-state index in [1.54, 1.807) is 13.3 Å². The highest BCUT2D eigenvalue weighted by Crippen LogP contribution is 2.51. The molecule has 2 fully saturated rings. The summed E-state index contributed by atoms with van der Waals surface area (Å²) in [6, 6.07) is 9.67. The fourth-order valence-corrected chi connectivity index (χ4v) is 3.85. The maximum Gasteiger partial charge on any atom is 0.231 e. The fourth-order valence-electron chi connectivity index (χ4n) is 3.85. The van der Waals surface area contributed by atoms with Crippen LogP contribution in [0.2, 0.25) is 0 Å². The summed E-state index contributed by atoms with van der Waals surface area (Å²) in [5.74, 6) is 1.59. The molecule has 1 aromatic carbocycles. The van der Waals surface area contributed by atoms with Crippen molar-refractivity contribution in [1.29, 1.82) is 0 Å². The zero-order valence-electron chi connectivity index (χ0n) is 15.8. The number of nitrogens with one attached hydrogen (secondary N) is 1. The number of methoxy groups -OCH3 is 1. The van der Waals surface area contributed by atoms with Gasteiger partial charge in [-0.05, 0) is 44.2 Å². The minimum Gasteiger partial charge on any atom is -0.496 e. The quantitative estimate of drug-likeness (QED) is 0.851. The van der Waals surface area contributed by atoms with Crippen molar-refractivity contribution in [3.8, 4) is 5.75 Å². The summed E-state index contributed by atoms with van der Waals surface area (Å²) >= 11 is 0. The van der Waals surface area contributed by atoms with Crippen LogP contribution in [0.15, 0.2) is 36.5 Å². The normalized spacial score (nSPS) is 18.0. The molecule has 0 spiro atoms. The molecule has 1 saturated carbocycles. The van der Waals surface area contributed by atoms with Gasteiger partial charge in [-0.15, -0.1) is 0 Å². The van der Waals surface area contributed by atoms with Crippen molar-refractivity contribution in [2.45, 2.75) is 44.1 Å². The average molecular weight is 366 g/mol. The Morgan fingerprint density at radius 2 is 1.96 bits per heavy atom. The van der Waals surface area contributed by atoms with Gasteiger partial charge < -0.3 is 15.0 Å². The van der Waals surface area contributed by atoms with E-state index in [2.05, 4.69) is 20.2 Å². The lowest BCUT2D eigenvalue weighted by atomic mass is 9.94. The van der Waals surface area contributed by atoms with Crippen LogP contribution in [-0.4, -0.2) is 36.1 Å². The number of hydrogen-bond acceptors (Lipinski definition) is 5. The van der Waals surface area contributed by atoms with Gasteiger partial charge in [0.05, 0.1) is 24.8 Å². The zero-order chi connectivity index (χ0) is 18.7. The molecule has 1 aromatic heterocycles.